The Morgan fingerprint density at radius 3 is 2.25 bits per heavy atom. The van der Waals surface area contributed by atoms with Crippen molar-refractivity contribution in [1.29, 1.82) is 0 Å². The number of hydrogen-bond donors (Lipinski definition) is 7. The molecule has 0 bridgehead atoms. The molecule has 21 heteroatoms. The van der Waals surface area contributed by atoms with Crippen LogP contribution >= 0.6 is 23.5 Å². The molecule has 1 heterocycles. The number of halogens is 1. The molecule has 0 aromatic carbocycles. The van der Waals surface area contributed by atoms with Gasteiger partial charge in [0.1, 0.15) is 12.7 Å². The Balaban J connectivity index is 3.11. The first-order valence-electron chi connectivity index (χ1n) is 7.81. The van der Waals surface area contributed by atoms with E-state index in [2.05, 4.69) is 19.7 Å². The Labute approximate surface area is 176 Å². The second-order valence-corrected chi connectivity index (χ2v) is 10.0. The zero-order valence-electron chi connectivity index (χ0n) is 15.5. The summed E-state index contributed by atoms with van der Waals surface area (Å²) in [5.74, 6) is -3.59. The molecule has 0 aliphatic carbocycles. The van der Waals surface area contributed by atoms with Crippen LogP contribution in [0.25, 0.3) is 0 Å². The van der Waals surface area contributed by atoms with Gasteiger partial charge in [-0.3, -0.25) is 18.9 Å². The Morgan fingerprint density at radius 1 is 1.19 bits per heavy atom. The first kappa shape index (κ1) is 28.7. The van der Waals surface area contributed by atoms with E-state index in [1.54, 1.807) is 4.98 Å². The van der Waals surface area contributed by atoms with Gasteiger partial charge >= 0.3 is 29.2 Å². The van der Waals surface area contributed by atoms with Crippen LogP contribution in [0.3, 0.4) is 0 Å². The average Bonchev–Trinajstić information content (AvgIpc) is 2.61. The van der Waals surface area contributed by atoms with Gasteiger partial charge in [-0.25, -0.2) is 22.9 Å². The van der Waals surface area contributed by atoms with E-state index in [9.17, 15) is 38.4 Å². The SMILES string of the molecule is C=C[C@H](O)[C@@](F)(COP(=O)(O)OP(=O)(O)OP(=O)(O)O)O[C@H](CO)n1ccc(=O)[nH]c1=O. The van der Waals surface area contributed by atoms with E-state index >= 15 is 4.39 Å². The third-order valence-corrected chi connectivity index (χ3v) is 6.94. The van der Waals surface area contributed by atoms with E-state index in [0.29, 0.717) is 10.6 Å². The van der Waals surface area contributed by atoms with Crippen LogP contribution in [0.4, 0.5) is 4.39 Å². The van der Waals surface area contributed by atoms with E-state index in [1.807, 2.05) is 0 Å². The third kappa shape index (κ3) is 8.88. The monoisotopic (exact) mass is 530 g/mol. The number of aliphatic hydroxyl groups excluding tert-OH is 2. The lowest BCUT2D eigenvalue weighted by Gasteiger charge is -2.32. The Bertz CT molecular complexity index is 1070. The van der Waals surface area contributed by atoms with Crippen molar-refractivity contribution in [1.82, 2.24) is 9.55 Å². The standard InChI is InChI=1S/C11H18FN2O15P3/c1-2-7(16)11(12,27-9(5-15)14-4-3-8(17)13-10(14)18)6-26-31(22,23)29-32(24,25)28-30(19,20)21/h2-4,7,9,15-16H,1,5-6H2,(H,22,23)(H,24,25)(H,13,17,18)(H2,19,20,21)/t7-,9+,11+/m0/s1. The van der Waals surface area contributed by atoms with Crippen molar-refractivity contribution in [3.63, 3.8) is 0 Å². The van der Waals surface area contributed by atoms with Crippen molar-refractivity contribution in [2.45, 2.75) is 18.2 Å². The van der Waals surface area contributed by atoms with Gasteiger partial charge in [-0.2, -0.15) is 8.62 Å². The van der Waals surface area contributed by atoms with Gasteiger partial charge in [-0.1, -0.05) is 6.08 Å². The van der Waals surface area contributed by atoms with Crippen LogP contribution in [0.1, 0.15) is 6.23 Å². The first-order valence-corrected chi connectivity index (χ1v) is 12.3. The van der Waals surface area contributed by atoms with Crippen molar-refractivity contribution in [3.8, 4) is 0 Å². The summed E-state index contributed by atoms with van der Waals surface area (Å²) in [4.78, 5) is 60.1. The maximum atomic E-state index is 15.2. The van der Waals surface area contributed by atoms with Crippen molar-refractivity contribution in [2.24, 2.45) is 0 Å². The molecule has 1 aromatic heterocycles. The summed E-state index contributed by atoms with van der Waals surface area (Å²) in [7, 11) is -17.4. The number of ether oxygens (including phenoxy) is 1. The number of H-pyrrole nitrogens is 1. The fraction of sp³-hybridized carbons (Fsp3) is 0.455. The Hall–Kier alpha value is -1.36. The second kappa shape index (κ2) is 10.7. The lowest BCUT2D eigenvalue weighted by Crippen LogP contribution is -2.47. The normalized spacial score (nSPS) is 19.8. The molecular formula is C11H18FN2O15P3. The number of rotatable bonds is 13. The zero-order valence-corrected chi connectivity index (χ0v) is 18.2. The molecule has 7 N–H and O–H groups in total. The van der Waals surface area contributed by atoms with Crippen LogP contribution in [-0.4, -0.2) is 64.5 Å². The molecular weight excluding hydrogens is 512 g/mol. The van der Waals surface area contributed by atoms with Gasteiger partial charge in [-0.05, 0) is 0 Å². The highest BCUT2D eigenvalue weighted by molar-refractivity contribution is 7.66. The van der Waals surface area contributed by atoms with Crippen LogP contribution in [0.5, 0.6) is 0 Å². The molecule has 2 unspecified atom stereocenters. The maximum Gasteiger partial charge on any atom is 0.490 e. The predicted molar refractivity (Wildman–Crippen MR) is 98.4 cm³/mol. The van der Waals surface area contributed by atoms with Gasteiger partial charge in [-0.15, -0.1) is 6.58 Å². The van der Waals surface area contributed by atoms with Crippen LogP contribution in [0.2, 0.25) is 0 Å². The highest BCUT2D eigenvalue weighted by Gasteiger charge is 2.46. The van der Waals surface area contributed by atoms with Crippen molar-refractivity contribution >= 4 is 23.5 Å². The Kier molecular flexibility index (Phi) is 9.60. The molecule has 0 saturated heterocycles. The Morgan fingerprint density at radius 2 is 1.78 bits per heavy atom. The summed E-state index contributed by atoms with van der Waals surface area (Å²) >= 11 is 0. The van der Waals surface area contributed by atoms with Gasteiger partial charge in [0, 0.05) is 12.3 Å². The molecule has 0 fully saturated rings. The highest BCUT2D eigenvalue weighted by atomic mass is 31.3. The van der Waals surface area contributed by atoms with Crippen molar-refractivity contribution in [2.75, 3.05) is 13.2 Å². The summed E-state index contributed by atoms with van der Waals surface area (Å²) in [6, 6.07) is 0.795. The molecule has 1 aromatic rings. The molecule has 32 heavy (non-hydrogen) atoms. The summed E-state index contributed by atoms with van der Waals surface area (Å²) in [5.41, 5.74) is -2.03. The highest BCUT2D eigenvalue weighted by Crippen LogP contribution is 2.66. The van der Waals surface area contributed by atoms with E-state index in [0.717, 1.165) is 12.3 Å². The number of aromatic nitrogens is 2. The number of aromatic amines is 1. The van der Waals surface area contributed by atoms with Crippen LogP contribution in [-0.2, 0) is 31.6 Å². The molecule has 184 valence electrons. The van der Waals surface area contributed by atoms with E-state index in [4.69, 9.17) is 19.4 Å². The molecule has 0 amide bonds. The molecule has 1 rings (SSSR count). The van der Waals surface area contributed by atoms with Gasteiger partial charge < -0.3 is 34.5 Å². The second-order valence-electron chi connectivity index (χ2n) is 5.60. The van der Waals surface area contributed by atoms with Crippen molar-refractivity contribution in [3.05, 3.63) is 45.8 Å². The van der Waals surface area contributed by atoms with Gasteiger partial charge in [0.15, 0.2) is 6.23 Å². The van der Waals surface area contributed by atoms with E-state index in [-0.39, 0.29) is 0 Å². The van der Waals surface area contributed by atoms with Gasteiger partial charge in [0.25, 0.3) is 11.4 Å². The van der Waals surface area contributed by atoms with E-state index in [1.165, 1.54) is 0 Å². The van der Waals surface area contributed by atoms with Crippen LogP contribution in [0.15, 0.2) is 34.5 Å². The van der Waals surface area contributed by atoms with E-state index < -0.39 is 66.1 Å². The minimum Gasteiger partial charge on any atom is -0.392 e. The topological polar surface area (TPSA) is 264 Å². The largest absolute Gasteiger partial charge is 0.490 e. The number of hydrogen-bond acceptors (Lipinski definition) is 11. The van der Waals surface area contributed by atoms with Crippen LogP contribution in [0, 0.1) is 0 Å². The number of alkyl halides is 1. The summed E-state index contributed by atoms with van der Waals surface area (Å²) in [6.07, 6.45) is -3.04. The molecule has 17 nitrogen and oxygen atoms in total. The lowest BCUT2D eigenvalue weighted by molar-refractivity contribution is -0.259. The van der Waals surface area contributed by atoms with Crippen LogP contribution < -0.4 is 11.2 Å². The number of aliphatic hydroxyl groups is 2. The minimum atomic E-state index is -5.91. The maximum absolute atomic E-state index is 15.2. The number of phosphoric ester groups is 1. The molecule has 0 aliphatic rings. The summed E-state index contributed by atoms with van der Waals surface area (Å²) in [5, 5.41) is 19.2. The summed E-state index contributed by atoms with van der Waals surface area (Å²) < 4.78 is 65.0. The molecule has 0 radical (unpaired) electrons. The quantitative estimate of drug-likeness (QED) is 0.114. The molecule has 0 spiro atoms. The molecule has 0 aliphatic heterocycles. The third-order valence-electron chi connectivity index (χ3n) is 3.15. The minimum absolute atomic E-state index is 0.469. The number of phosphoric acid groups is 3. The number of nitrogens with one attached hydrogen (secondary N) is 1. The number of nitrogens with zero attached hydrogens (tertiary/aromatic N) is 1. The average molecular weight is 530 g/mol. The molecule has 0 saturated carbocycles. The lowest BCUT2D eigenvalue weighted by atomic mass is 10.2. The predicted octanol–water partition coefficient (Wildman–Crippen LogP) is -1.40. The summed E-state index contributed by atoms with van der Waals surface area (Å²) in [6.45, 7) is 0.113. The smallest absolute Gasteiger partial charge is 0.392 e. The van der Waals surface area contributed by atoms with Gasteiger partial charge in [0.05, 0.1) is 6.61 Å². The molecule has 5 atom stereocenters. The van der Waals surface area contributed by atoms with Gasteiger partial charge in [0.2, 0.25) is 0 Å². The van der Waals surface area contributed by atoms with Crippen molar-refractivity contribution < 1.29 is 65.8 Å². The fourth-order valence-corrected chi connectivity index (χ4v) is 4.93. The fourth-order valence-electron chi connectivity index (χ4n) is 1.90. The zero-order chi connectivity index (χ0) is 25.0. The first-order chi connectivity index (χ1) is 14.4.